The number of methoxy groups -OCH3 is 1. The van der Waals surface area contributed by atoms with Crippen LogP contribution in [0.4, 0.5) is 10.5 Å². The minimum Gasteiger partial charge on any atom is -0.496 e. The average molecular weight is 473 g/mol. The third-order valence-corrected chi connectivity index (χ3v) is 7.08. The number of carbonyl (C=O) groups is 1. The van der Waals surface area contributed by atoms with Gasteiger partial charge in [0.15, 0.2) is 9.84 Å². The molecule has 0 spiro atoms. The lowest BCUT2D eigenvalue weighted by atomic mass is 10.0. The molecule has 0 atom stereocenters. The Hall–Kier alpha value is -3.03. The molecule has 0 saturated carbocycles. The lowest BCUT2D eigenvalue weighted by Gasteiger charge is -2.12. The van der Waals surface area contributed by atoms with E-state index >= 15 is 0 Å². The summed E-state index contributed by atoms with van der Waals surface area (Å²) in [6.45, 7) is 2.08. The van der Waals surface area contributed by atoms with Crippen molar-refractivity contribution in [3.05, 3.63) is 77.3 Å². The van der Waals surface area contributed by atoms with Crippen molar-refractivity contribution < 1.29 is 17.9 Å². The number of carbonyl (C=O) groups excluding carboxylic acids is 1. The number of sulfone groups is 1. The lowest BCUT2D eigenvalue weighted by Crippen LogP contribution is -2.28. The van der Waals surface area contributed by atoms with E-state index in [1.54, 1.807) is 43.5 Å². The minimum absolute atomic E-state index is 0.116. The molecular weight excluding hydrogens is 448 g/mol. The Labute approximate surface area is 193 Å². The monoisotopic (exact) mass is 472 g/mol. The average Bonchev–Trinajstić information content (AvgIpc) is 2.78. The molecule has 0 aromatic heterocycles. The van der Waals surface area contributed by atoms with Crippen LogP contribution < -0.4 is 15.4 Å². The molecule has 0 aliphatic rings. The molecule has 0 bridgehead atoms. The van der Waals surface area contributed by atoms with Crippen LogP contribution in [0.25, 0.3) is 11.1 Å². The van der Waals surface area contributed by atoms with E-state index in [2.05, 4.69) is 10.6 Å². The molecule has 0 heterocycles. The van der Waals surface area contributed by atoms with Crippen LogP contribution in [0.1, 0.15) is 18.9 Å². The van der Waals surface area contributed by atoms with Gasteiger partial charge in [-0.3, -0.25) is 0 Å². The number of benzene rings is 3. The van der Waals surface area contributed by atoms with Crippen molar-refractivity contribution in [3.8, 4) is 16.9 Å². The van der Waals surface area contributed by atoms with E-state index < -0.39 is 15.9 Å². The highest BCUT2D eigenvalue weighted by Gasteiger charge is 2.13. The van der Waals surface area contributed by atoms with Crippen molar-refractivity contribution in [3.63, 3.8) is 0 Å². The van der Waals surface area contributed by atoms with Gasteiger partial charge in [0, 0.05) is 23.4 Å². The summed E-state index contributed by atoms with van der Waals surface area (Å²) in [5, 5.41) is 5.99. The topological polar surface area (TPSA) is 84.5 Å². The Balaban J connectivity index is 1.61. The maximum atomic E-state index is 12.3. The summed E-state index contributed by atoms with van der Waals surface area (Å²) >= 11 is 6.45. The number of hydrogen-bond donors (Lipinski definition) is 2. The largest absolute Gasteiger partial charge is 0.496 e. The first-order valence-electron chi connectivity index (χ1n) is 10.1. The minimum atomic E-state index is -3.25. The van der Waals surface area contributed by atoms with Crippen molar-refractivity contribution in [2.45, 2.75) is 24.8 Å². The van der Waals surface area contributed by atoms with Crippen LogP contribution in [0.5, 0.6) is 5.75 Å². The molecule has 0 radical (unpaired) electrons. The quantitative estimate of drug-likeness (QED) is 0.452. The molecule has 0 aliphatic heterocycles. The second kappa shape index (κ2) is 10.5. The standard InChI is InChI=1S/C24H25ClN2O4S/c1-3-14-32(29,30)19-11-8-17(9-12-19)16-26-24(28)27-18-10-13-20(22(25)15-18)21-6-4-5-7-23(21)31-2/h4-13,15H,3,14,16H2,1-2H3,(H2,26,27,28). The van der Waals surface area contributed by atoms with Gasteiger partial charge in [-0.1, -0.05) is 54.9 Å². The summed E-state index contributed by atoms with van der Waals surface area (Å²) in [6.07, 6.45) is 0.565. The molecule has 0 saturated heterocycles. The highest BCUT2D eigenvalue weighted by molar-refractivity contribution is 7.91. The van der Waals surface area contributed by atoms with Gasteiger partial charge in [0.1, 0.15) is 5.75 Å². The van der Waals surface area contributed by atoms with E-state index in [0.717, 1.165) is 16.7 Å². The van der Waals surface area contributed by atoms with Crippen LogP contribution >= 0.6 is 11.6 Å². The number of amides is 2. The number of anilines is 1. The number of nitrogens with one attached hydrogen (secondary N) is 2. The first kappa shape index (κ1) is 23.6. The zero-order valence-electron chi connectivity index (χ0n) is 17.9. The fourth-order valence-corrected chi connectivity index (χ4v) is 4.84. The number of hydrogen-bond acceptors (Lipinski definition) is 4. The Morgan fingerprint density at radius 2 is 1.72 bits per heavy atom. The predicted molar refractivity (Wildman–Crippen MR) is 128 cm³/mol. The third-order valence-electron chi connectivity index (χ3n) is 4.83. The number of para-hydroxylation sites is 1. The molecule has 0 aliphatic carbocycles. The normalized spacial score (nSPS) is 11.1. The second-order valence-corrected chi connectivity index (χ2v) is 9.68. The van der Waals surface area contributed by atoms with Gasteiger partial charge in [-0.15, -0.1) is 0 Å². The molecule has 0 fully saturated rings. The number of rotatable bonds is 8. The van der Waals surface area contributed by atoms with Crippen molar-refractivity contribution in [2.75, 3.05) is 18.2 Å². The molecule has 8 heteroatoms. The Morgan fingerprint density at radius 3 is 2.38 bits per heavy atom. The first-order valence-corrected chi connectivity index (χ1v) is 12.2. The zero-order valence-corrected chi connectivity index (χ0v) is 19.5. The van der Waals surface area contributed by atoms with Crippen molar-refractivity contribution >= 4 is 33.2 Å². The van der Waals surface area contributed by atoms with Gasteiger partial charge in [0.05, 0.1) is 22.8 Å². The molecule has 2 amide bonds. The summed E-state index contributed by atoms with van der Waals surface area (Å²) in [6, 6.07) is 19.0. The molecule has 2 N–H and O–H groups in total. The third kappa shape index (κ3) is 5.81. The van der Waals surface area contributed by atoms with Gasteiger partial charge < -0.3 is 15.4 Å². The van der Waals surface area contributed by atoms with Crippen LogP contribution in [0.3, 0.4) is 0 Å². The van der Waals surface area contributed by atoms with Gasteiger partial charge in [-0.05, 0) is 42.3 Å². The van der Waals surface area contributed by atoms with Crippen molar-refractivity contribution in [1.82, 2.24) is 5.32 Å². The van der Waals surface area contributed by atoms with E-state index in [-0.39, 0.29) is 17.2 Å². The van der Waals surface area contributed by atoms with E-state index in [4.69, 9.17) is 16.3 Å². The molecular formula is C24H25ClN2O4S. The van der Waals surface area contributed by atoms with Gasteiger partial charge in [-0.25, -0.2) is 13.2 Å². The molecule has 168 valence electrons. The summed E-state index contributed by atoms with van der Waals surface area (Å²) in [4.78, 5) is 12.6. The van der Waals surface area contributed by atoms with Crippen LogP contribution in [0.15, 0.2) is 71.6 Å². The fourth-order valence-electron chi connectivity index (χ4n) is 3.24. The summed E-state index contributed by atoms with van der Waals surface area (Å²) < 4.78 is 29.6. The lowest BCUT2D eigenvalue weighted by molar-refractivity contribution is 0.251. The molecule has 3 rings (SSSR count). The molecule has 32 heavy (non-hydrogen) atoms. The Morgan fingerprint density at radius 1 is 1.00 bits per heavy atom. The van der Waals surface area contributed by atoms with Gasteiger partial charge in [0.25, 0.3) is 0 Å². The maximum Gasteiger partial charge on any atom is 0.319 e. The van der Waals surface area contributed by atoms with E-state index in [0.29, 0.717) is 22.9 Å². The number of halogens is 1. The smallest absolute Gasteiger partial charge is 0.319 e. The SMILES string of the molecule is CCCS(=O)(=O)c1ccc(CNC(=O)Nc2ccc(-c3ccccc3OC)c(Cl)c2)cc1. The summed E-state index contributed by atoms with van der Waals surface area (Å²) in [5.74, 6) is 0.826. The second-order valence-electron chi connectivity index (χ2n) is 7.17. The first-order chi connectivity index (χ1) is 15.3. The van der Waals surface area contributed by atoms with E-state index in [1.807, 2.05) is 37.3 Å². The predicted octanol–water partition coefficient (Wildman–Crippen LogP) is 5.52. The zero-order chi connectivity index (χ0) is 23.1. The summed E-state index contributed by atoms with van der Waals surface area (Å²) in [5.41, 5.74) is 3.00. The van der Waals surface area contributed by atoms with Crippen LogP contribution in [-0.4, -0.2) is 27.3 Å². The van der Waals surface area contributed by atoms with E-state index in [9.17, 15) is 13.2 Å². The van der Waals surface area contributed by atoms with Gasteiger partial charge >= 0.3 is 6.03 Å². The summed E-state index contributed by atoms with van der Waals surface area (Å²) in [7, 11) is -1.65. The Bertz CT molecular complexity index is 1190. The molecule has 3 aromatic carbocycles. The highest BCUT2D eigenvalue weighted by Crippen LogP contribution is 2.35. The van der Waals surface area contributed by atoms with Crippen LogP contribution in [-0.2, 0) is 16.4 Å². The fraction of sp³-hybridized carbons (Fsp3) is 0.208. The molecule has 0 unspecified atom stereocenters. The number of urea groups is 1. The Kier molecular flexibility index (Phi) is 7.77. The van der Waals surface area contributed by atoms with Crippen molar-refractivity contribution in [1.29, 1.82) is 0 Å². The maximum absolute atomic E-state index is 12.3. The molecule has 6 nitrogen and oxygen atoms in total. The molecule has 3 aromatic rings. The van der Waals surface area contributed by atoms with Gasteiger partial charge in [0.2, 0.25) is 0 Å². The van der Waals surface area contributed by atoms with E-state index in [1.165, 1.54) is 0 Å². The van der Waals surface area contributed by atoms with Crippen molar-refractivity contribution in [2.24, 2.45) is 0 Å². The van der Waals surface area contributed by atoms with Gasteiger partial charge in [-0.2, -0.15) is 0 Å². The van der Waals surface area contributed by atoms with Crippen LogP contribution in [0.2, 0.25) is 5.02 Å². The van der Waals surface area contributed by atoms with Crippen LogP contribution in [0, 0.1) is 0 Å². The number of ether oxygens (including phenoxy) is 1. The highest BCUT2D eigenvalue weighted by atomic mass is 35.5.